The van der Waals surface area contributed by atoms with Crippen LogP contribution in [0.15, 0.2) is 23.7 Å². The largest absolute Gasteiger partial charge is 0.292 e. The molecule has 19 heavy (non-hydrogen) atoms. The standard InChI is InChI=1S/C14H10N2OS2/c17-10-2-1-3-11-13(10)16-14(19-11)8-6-12-9(15-7-8)4-5-18-12/h4-7H,1-3H2. The zero-order valence-corrected chi connectivity index (χ0v) is 11.7. The molecule has 0 fully saturated rings. The lowest BCUT2D eigenvalue weighted by Gasteiger charge is -2.06. The molecule has 0 radical (unpaired) electrons. The van der Waals surface area contributed by atoms with Gasteiger partial charge in [-0.15, -0.1) is 22.7 Å². The molecule has 0 atom stereocenters. The second-order valence-corrected chi connectivity index (χ2v) is 6.63. The Kier molecular flexibility index (Phi) is 2.50. The average molecular weight is 286 g/mol. The number of carbonyl (C=O) groups is 1. The van der Waals surface area contributed by atoms with Gasteiger partial charge in [0.1, 0.15) is 10.7 Å². The van der Waals surface area contributed by atoms with Gasteiger partial charge in [-0.3, -0.25) is 9.78 Å². The molecule has 0 saturated heterocycles. The second-order valence-electron chi connectivity index (χ2n) is 4.60. The number of fused-ring (bicyclic) bond motifs is 2. The molecule has 0 aliphatic heterocycles. The Hall–Kier alpha value is -1.59. The Bertz CT molecular complexity index is 788. The smallest absolute Gasteiger partial charge is 0.182 e. The van der Waals surface area contributed by atoms with Crippen LogP contribution in [-0.2, 0) is 6.42 Å². The molecule has 0 spiro atoms. The second kappa shape index (κ2) is 4.21. The molecule has 94 valence electrons. The predicted molar refractivity (Wildman–Crippen MR) is 78.0 cm³/mol. The fraction of sp³-hybridized carbons (Fsp3) is 0.214. The van der Waals surface area contributed by atoms with Crippen LogP contribution in [0.5, 0.6) is 0 Å². The molecule has 3 aromatic rings. The average Bonchev–Trinajstić information content (AvgIpc) is 3.04. The summed E-state index contributed by atoms with van der Waals surface area (Å²) in [6.45, 7) is 0. The molecule has 1 aliphatic carbocycles. The minimum Gasteiger partial charge on any atom is -0.292 e. The van der Waals surface area contributed by atoms with Gasteiger partial charge in [-0.25, -0.2) is 4.98 Å². The summed E-state index contributed by atoms with van der Waals surface area (Å²) in [5.41, 5.74) is 2.73. The van der Waals surface area contributed by atoms with Crippen molar-refractivity contribution in [3.63, 3.8) is 0 Å². The summed E-state index contributed by atoms with van der Waals surface area (Å²) in [5, 5.41) is 2.96. The van der Waals surface area contributed by atoms with Crippen LogP contribution in [0.4, 0.5) is 0 Å². The fourth-order valence-corrected chi connectivity index (χ4v) is 4.24. The van der Waals surface area contributed by atoms with Crippen LogP contribution in [0.3, 0.4) is 0 Å². The van der Waals surface area contributed by atoms with E-state index in [0.29, 0.717) is 12.1 Å². The van der Waals surface area contributed by atoms with Gasteiger partial charge in [-0.05, 0) is 30.4 Å². The highest BCUT2D eigenvalue weighted by Crippen LogP contribution is 2.33. The third kappa shape index (κ3) is 1.81. The van der Waals surface area contributed by atoms with Crippen molar-refractivity contribution in [2.24, 2.45) is 0 Å². The Morgan fingerprint density at radius 2 is 2.21 bits per heavy atom. The minimum absolute atomic E-state index is 0.189. The van der Waals surface area contributed by atoms with Gasteiger partial charge in [-0.1, -0.05) is 0 Å². The van der Waals surface area contributed by atoms with Gasteiger partial charge >= 0.3 is 0 Å². The molecule has 0 saturated carbocycles. The number of thiophene rings is 1. The van der Waals surface area contributed by atoms with E-state index >= 15 is 0 Å². The predicted octanol–water partition coefficient (Wildman–Crippen LogP) is 3.94. The van der Waals surface area contributed by atoms with E-state index in [4.69, 9.17) is 0 Å². The summed E-state index contributed by atoms with van der Waals surface area (Å²) < 4.78 is 1.16. The van der Waals surface area contributed by atoms with Gasteiger partial charge in [0.15, 0.2) is 5.78 Å². The van der Waals surface area contributed by atoms with E-state index in [9.17, 15) is 4.79 Å². The number of hydrogen-bond donors (Lipinski definition) is 0. The van der Waals surface area contributed by atoms with Gasteiger partial charge in [-0.2, -0.15) is 0 Å². The molecule has 3 aromatic heterocycles. The topological polar surface area (TPSA) is 42.9 Å². The molecule has 0 unspecified atom stereocenters. The molecule has 5 heteroatoms. The lowest BCUT2D eigenvalue weighted by atomic mass is 10.0. The highest BCUT2D eigenvalue weighted by Gasteiger charge is 2.22. The molecular formula is C14H10N2OS2. The summed E-state index contributed by atoms with van der Waals surface area (Å²) in [7, 11) is 0. The molecule has 0 amide bonds. The van der Waals surface area contributed by atoms with Gasteiger partial charge in [0.05, 0.1) is 10.2 Å². The molecule has 0 N–H and O–H groups in total. The zero-order valence-electron chi connectivity index (χ0n) is 10.0. The number of hydrogen-bond acceptors (Lipinski definition) is 5. The first kappa shape index (κ1) is 11.3. The quantitative estimate of drug-likeness (QED) is 0.680. The van der Waals surface area contributed by atoms with Gasteiger partial charge in [0.2, 0.25) is 0 Å². The van der Waals surface area contributed by atoms with E-state index in [-0.39, 0.29) is 5.78 Å². The SMILES string of the molecule is O=C1CCCc2sc(-c3cnc4ccsc4c3)nc21. The van der Waals surface area contributed by atoms with Crippen LogP contribution in [-0.4, -0.2) is 15.8 Å². The van der Waals surface area contributed by atoms with E-state index in [1.54, 1.807) is 22.7 Å². The summed E-state index contributed by atoms with van der Waals surface area (Å²) >= 11 is 3.31. The number of nitrogens with zero attached hydrogens (tertiary/aromatic N) is 2. The molecule has 0 bridgehead atoms. The summed E-state index contributed by atoms with van der Waals surface area (Å²) in [6, 6.07) is 4.13. The van der Waals surface area contributed by atoms with E-state index in [1.807, 2.05) is 17.6 Å². The van der Waals surface area contributed by atoms with Crippen LogP contribution in [0, 0.1) is 0 Å². The molecule has 3 nitrogen and oxygen atoms in total. The minimum atomic E-state index is 0.189. The van der Waals surface area contributed by atoms with Crippen molar-refractivity contribution in [2.45, 2.75) is 19.3 Å². The lowest BCUT2D eigenvalue weighted by molar-refractivity contribution is 0.0968. The number of aryl methyl sites for hydroxylation is 1. The molecular weight excluding hydrogens is 276 g/mol. The van der Waals surface area contributed by atoms with E-state index in [0.717, 1.165) is 38.5 Å². The maximum atomic E-state index is 11.8. The van der Waals surface area contributed by atoms with Crippen molar-refractivity contribution in [3.8, 4) is 10.6 Å². The van der Waals surface area contributed by atoms with Crippen LogP contribution in [0.25, 0.3) is 20.8 Å². The lowest BCUT2D eigenvalue weighted by Crippen LogP contribution is -2.08. The highest BCUT2D eigenvalue weighted by molar-refractivity contribution is 7.17. The van der Waals surface area contributed by atoms with Crippen molar-refractivity contribution in [1.29, 1.82) is 0 Å². The molecule has 3 heterocycles. The van der Waals surface area contributed by atoms with Crippen molar-refractivity contribution in [1.82, 2.24) is 9.97 Å². The first-order valence-corrected chi connectivity index (χ1v) is 7.87. The normalized spacial score (nSPS) is 14.8. The highest BCUT2D eigenvalue weighted by atomic mass is 32.1. The first-order valence-electron chi connectivity index (χ1n) is 6.18. The summed E-state index contributed by atoms with van der Waals surface area (Å²) in [6.07, 6.45) is 4.42. The maximum absolute atomic E-state index is 11.8. The fourth-order valence-electron chi connectivity index (χ4n) is 2.35. The van der Waals surface area contributed by atoms with E-state index < -0.39 is 0 Å². The van der Waals surface area contributed by atoms with E-state index in [2.05, 4.69) is 16.0 Å². The molecule has 4 rings (SSSR count). The van der Waals surface area contributed by atoms with Gasteiger partial charge < -0.3 is 0 Å². The Morgan fingerprint density at radius 3 is 3.11 bits per heavy atom. The number of aromatic nitrogens is 2. The number of carbonyl (C=O) groups excluding carboxylic acids is 1. The monoisotopic (exact) mass is 286 g/mol. The Labute approximate surface area is 118 Å². The Morgan fingerprint density at radius 1 is 1.26 bits per heavy atom. The number of ketones is 1. The van der Waals surface area contributed by atoms with Crippen molar-refractivity contribution < 1.29 is 4.79 Å². The molecule has 1 aliphatic rings. The van der Waals surface area contributed by atoms with Crippen LogP contribution >= 0.6 is 22.7 Å². The summed E-state index contributed by atoms with van der Waals surface area (Å²) in [4.78, 5) is 21.9. The number of Topliss-reactive ketones (excluding diaryl/α,β-unsaturated/α-hetero) is 1. The first-order chi connectivity index (χ1) is 9.31. The van der Waals surface area contributed by atoms with Crippen LogP contribution < -0.4 is 0 Å². The third-order valence-electron chi connectivity index (χ3n) is 3.32. The third-order valence-corrected chi connectivity index (χ3v) is 5.34. The van der Waals surface area contributed by atoms with Crippen LogP contribution in [0.2, 0.25) is 0 Å². The number of pyridine rings is 1. The van der Waals surface area contributed by atoms with Gasteiger partial charge in [0.25, 0.3) is 0 Å². The van der Waals surface area contributed by atoms with Crippen molar-refractivity contribution in [3.05, 3.63) is 34.3 Å². The van der Waals surface area contributed by atoms with Crippen molar-refractivity contribution in [2.75, 3.05) is 0 Å². The maximum Gasteiger partial charge on any atom is 0.182 e. The van der Waals surface area contributed by atoms with E-state index in [1.165, 1.54) is 0 Å². The van der Waals surface area contributed by atoms with Crippen molar-refractivity contribution >= 4 is 38.7 Å². The van der Waals surface area contributed by atoms with Crippen LogP contribution in [0.1, 0.15) is 28.2 Å². The number of rotatable bonds is 1. The zero-order chi connectivity index (χ0) is 12.8. The Balaban J connectivity index is 1.85. The summed E-state index contributed by atoms with van der Waals surface area (Å²) in [5.74, 6) is 0.189. The van der Waals surface area contributed by atoms with Gasteiger partial charge in [0, 0.05) is 23.1 Å². The molecule has 0 aromatic carbocycles. The number of thiazole rings is 1.